The molecule has 2 aromatic heterocycles. The van der Waals surface area contributed by atoms with Crippen molar-refractivity contribution in [2.24, 2.45) is 4.99 Å². The SMILES string of the molecule is CN=C(NCc1ccc(OCCOc2ccccc2)nc1)NCc1sccc1C.I. The van der Waals surface area contributed by atoms with Crippen molar-refractivity contribution in [1.29, 1.82) is 0 Å². The van der Waals surface area contributed by atoms with E-state index in [0.717, 1.165) is 23.8 Å². The maximum atomic E-state index is 5.63. The van der Waals surface area contributed by atoms with Crippen LogP contribution < -0.4 is 20.1 Å². The standard InChI is InChI=1S/C22H26N4O2S.HI/c1-17-10-13-29-20(17)16-26-22(23-2)25-15-18-8-9-21(24-14-18)28-12-11-27-19-6-4-3-5-7-19;/h3-10,13-14H,11-12,15-16H2,1-2H3,(H2,23,25,26);1H. The lowest BCUT2D eigenvalue weighted by molar-refractivity contribution is 0.212. The molecule has 1 aromatic carbocycles. The second-order valence-corrected chi connectivity index (χ2v) is 7.32. The molecule has 2 N–H and O–H groups in total. The van der Waals surface area contributed by atoms with Gasteiger partial charge >= 0.3 is 0 Å². The molecule has 8 heteroatoms. The summed E-state index contributed by atoms with van der Waals surface area (Å²) in [5.74, 6) is 2.18. The lowest BCUT2D eigenvalue weighted by Crippen LogP contribution is -2.36. The minimum Gasteiger partial charge on any atom is -0.490 e. The minimum atomic E-state index is 0. The van der Waals surface area contributed by atoms with Gasteiger partial charge in [-0.3, -0.25) is 4.99 Å². The van der Waals surface area contributed by atoms with Crippen molar-refractivity contribution in [3.8, 4) is 11.6 Å². The Morgan fingerprint density at radius 2 is 1.77 bits per heavy atom. The van der Waals surface area contributed by atoms with Crippen LogP contribution in [0.1, 0.15) is 16.0 Å². The van der Waals surface area contributed by atoms with E-state index in [-0.39, 0.29) is 24.0 Å². The highest BCUT2D eigenvalue weighted by molar-refractivity contribution is 14.0. The molecule has 3 rings (SSSR count). The Morgan fingerprint density at radius 3 is 2.43 bits per heavy atom. The smallest absolute Gasteiger partial charge is 0.213 e. The topological polar surface area (TPSA) is 67.8 Å². The summed E-state index contributed by atoms with van der Waals surface area (Å²) < 4.78 is 11.2. The fourth-order valence-electron chi connectivity index (χ4n) is 2.58. The predicted octanol–water partition coefficient (Wildman–Crippen LogP) is 4.39. The monoisotopic (exact) mass is 538 g/mol. The van der Waals surface area contributed by atoms with Crippen LogP contribution in [0, 0.1) is 6.92 Å². The second kappa shape index (κ2) is 13.1. The van der Waals surface area contributed by atoms with Crippen molar-refractivity contribution in [1.82, 2.24) is 15.6 Å². The number of ether oxygens (including phenoxy) is 2. The van der Waals surface area contributed by atoms with E-state index >= 15 is 0 Å². The first-order valence-electron chi connectivity index (χ1n) is 9.47. The molecular formula is C22H27IN4O2S. The van der Waals surface area contributed by atoms with Crippen LogP contribution in [-0.2, 0) is 13.1 Å². The van der Waals surface area contributed by atoms with Gasteiger partial charge in [0.05, 0.1) is 6.54 Å². The average molecular weight is 538 g/mol. The molecule has 0 aliphatic carbocycles. The first-order chi connectivity index (χ1) is 14.2. The second-order valence-electron chi connectivity index (χ2n) is 6.32. The predicted molar refractivity (Wildman–Crippen MR) is 133 cm³/mol. The van der Waals surface area contributed by atoms with Gasteiger partial charge in [-0.05, 0) is 41.6 Å². The van der Waals surface area contributed by atoms with Gasteiger partial charge in [0, 0.05) is 30.7 Å². The van der Waals surface area contributed by atoms with Gasteiger partial charge in [-0.2, -0.15) is 0 Å². The van der Waals surface area contributed by atoms with Crippen LogP contribution in [0.5, 0.6) is 11.6 Å². The maximum Gasteiger partial charge on any atom is 0.213 e. The number of aliphatic imine (C=N–C) groups is 1. The molecule has 0 saturated carbocycles. The highest BCUT2D eigenvalue weighted by Crippen LogP contribution is 2.14. The molecule has 3 aromatic rings. The summed E-state index contributed by atoms with van der Waals surface area (Å²) in [4.78, 5) is 9.93. The fraction of sp³-hybridized carbons (Fsp3) is 0.273. The Labute approximate surface area is 198 Å². The third-order valence-corrected chi connectivity index (χ3v) is 5.23. The number of hydrogen-bond donors (Lipinski definition) is 2. The van der Waals surface area contributed by atoms with Crippen LogP contribution in [0.25, 0.3) is 0 Å². The molecule has 0 radical (unpaired) electrons. The number of para-hydroxylation sites is 1. The molecule has 0 spiro atoms. The number of thiophene rings is 1. The molecular weight excluding hydrogens is 511 g/mol. The van der Waals surface area contributed by atoms with E-state index in [1.54, 1.807) is 24.6 Å². The number of nitrogens with zero attached hydrogens (tertiary/aromatic N) is 2. The van der Waals surface area contributed by atoms with E-state index < -0.39 is 0 Å². The summed E-state index contributed by atoms with van der Waals surface area (Å²) in [6.07, 6.45) is 1.80. The van der Waals surface area contributed by atoms with Gasteiger partial charge in [0.1, 0.15) is 19.0 Å². The number of halogens is 1. The third kappa shape index (κ3) is 7.83. The van der Waals surface area contributed by atoms with E-state index in [4.69, 9.17) is 9.47 Å². The molecule has 0 fully saturated rings. The summed E-state index contributed by atoms with van der Waals surface area (Å²) in [5.41, 5.74) is 2.35. The average Bonchev–Trinajstić information content (AvgIpc) is 3.18. The van der Waals surface area contributed by atoms with Crippen LogP contribution in [0.4, 0.5) is 0 Å². The highest BCUT2D eigenvalue weighted by Gasteiger charge is 2.03. The molecule has 0 bridgehead atoms. The van der Waals surface area contributed by atoms with Crippen molar-refractivity contribution >= 4 is 41.3 Å². The van der Waals surface area contributed by atoms with E-state index in [1.807, 2.05) is 42.5 Å². The van der Waals surface area contributed by atoms with Crippen LogP contribution in [0.15, 0.2) is 65.1 Å². The molecule has 160 valence electrons. The summed E-state index contributed by atoms with van der Waals surface area (Å²) in [6.45, 7) is 4.43. The Hall–Kier alpha value is -2.33. The van der Waals surface area contributed by atoms with Crippen molar-refractivity contribution in [2.45, 2.75) is 20.0 Å². The molecule has 0 saturated heterocycles. The van der Waals surface area contributed by atoms with Gasteiger partial charge in [0.2, 0.25) is 5.88 Å². The van der Waals surface area contributed by atoms with E-state index in [2.05, 4.69) is 39.0 Å². The molecule has 6 nitrogen and oxygen atoms in total. The van der Waals surface area contributed by atoms with Gasteiger partial charge in [0.25, 0.3) is 0 Å². The van der Waals surface area contributed by atoms with Crippen molar-refractivity contribution < 1.29 is 9.47 Å². The zero-order valence-electron chi connectivity index (χ0n) is 17.1. The number of hydrogen-bond acceptors (Lipinski definition) is 5. The van der Waals surface area contributed by atoms with E-state index in [1.165, 1.54) is 10.4 Å². The number of rotatable bonds is 9. The normalized spacial score (nSPS) is 10.8. The molecule has 0 atom stereocenters. The molecule has 0 aliphatic heterocycles. The quantitative estimate of drug-likeness (QED) is 0.183. The Balaban J connectivity index is 0.00000320. The maximum absolute atomic E-state index is 5.63. The van der Waals surface area contributed by atoms with Gasteiger partial charge in [-0.1, -0.05) is 24.3 Å². The summed E-state index contributed by atoms with van der Waals surface area (Å²) in [6, 6.07) is 15.7. The lowest BCUT2D eigenvalue weighted by Gasteiger charge is -2.12. The Bertz CT molecular complexity index is 901. The zero-order chi connectivity index (χ0) is 20.3. The summed E-state index contributed by atoms with van der Waals surface area (Å²) >= 11 is 1.75. The van der Waals surface area contributed by atoms with Crippen LogP contribution in [0.3, 0.4) is 0 Å². The summed E-state index contributed by atoms with van der Waals surface area (Å²) in [5, 5.41) is 8.74. The van der Waals surface area contributed by atoms with E-state index in [0.29, 0.717) is 25.6 Å². The highest BCUT2D eigenvalue weighted by atomic mass is 127. The van der Waals surface area contributed by atoms with Gasteiger partial charge in [-0.15, -0.1) is 35.3 Å². The number of aryl methyl sites for hydroxylation is 1. The number of benzene rings is 1. The van der Waals surface area contributed by atoms with Gasteiger partial charge in [0.15, 0.2) is 5.96 Å². The molecule has 0 amide bonds. The third-order valence-electron chi connectivity index (χ3n) is 4.21. The Morgan fingerprint density at radius 1 is 1.00 bits per heavy atom. The number of pyridine rings is 1. The molecule has 30 heavy (non-hydrogen) atoms. The van der Waals surface area contributed by atoms with Crippen LogP contribution >= 0.6 is 35.3 Å². The number of nitrogens with one attached hydrogen (secondary N) is 2. The summed E-state index contributed by atoms with van der Waals surface area (Å²) in [7, 11) is 1.77. The van der Waals surface area contributed by atoms with Crippen molar-refractivity contribution in [3.63, 3.8) is 0 Å². The van der Waals surface area contributed by atoms with Crippen LogP contribution in [-0.4, -0.2) is 31.2 Å². The minimum absolute atomic E-state index is 0. The first-order valence-corrected chi connectivity index (χ1v) is 10.4. The number of aromatic nitrogens is 1. The van der Waals surface area contributed by atoms with Gasteiger partial charge < -0.3 is 20.1 Å². The zero-order valence-corrected chi connectivity index (χ0v) is 20.3. The molecule has 2 heterocycles. The number of guanidine groups is 1. The van der Waals surface area contributed by atoms with E-state index in [9.17, 15) is 0 Å². The molecule has 0 unspecified atom stereocenters. The Kier molecular flexibility index (Phi) is 10.4. The first kappa shape index (κ1) is 23.9. The van der Waals surface area contributed by atoms with Crippen LogP contribution in [0.2, 0.25) is 0 Å². The van der Waals surface area contributed by atoms with Gasteiger partial charge in [-0.25, -0.2) is 4.98 Å². The molecule has 0 aliphatic rings. The fourth-order valence-corrected chi connectivity index (χ4v) is 3.42. The van der Waals surface area contributed by atoms with Crippen molar-refractivity contribution in [2.75, 3.05) is 20.3 Å². The lowest BCUT2D eigenvalue weighted by atomic mass is 10.3. The van der Waals surface area contributed by atoms with Crippen molar-refractivity contribution in [3.05, 3.63) is 76.1 Å². The largest absolute Gasteiger partial charge is 0.490 e.